The van der Waals surface area contributed by atoms with E-state index in [1.165, 1.54) is 0 Å². The number of aryl methyl sites for hydroxylation is 1. The molecule has 0 aliphatic carbocycles. The van der Waals surface area contributed by atoms with Crippen molar-refractivity contribution in [2.75, 3.05) is 36.9 Å². The molecule has 3 aromatic heterocycles. The Kier molecular flexibility index (Phi) is 9.38. The molecular formula is C36H39ClN8O3. The Hall–Kier alpha value is -4.39. The van der Waals surface area contributed by atoms with Crippen molar-refractivity contribution in [1.29, 1.82) is 0 Å². The highest BCUT2D eigenvalue weighted by molar-refractivity contribution is 6.36. The van der Waals surface area contributed by atoms with Gasteiger partial charge in [0.05, 0.1) is 29.1 Å². The molecule has 12 heteroatoms. The first-order valence-corrected chi connectivity index (χ1v) is 16.8. The van der Waals surface area contributed by atoms with Crippen molar-refractivity contribution in [3.63, 3.8) is 0 Å². The summed E-state index contributed by atoms with van der Waals surface area (Å²) in [6, 6.07) is 17.5. The van der Waals surface area contributed by atoms with Gasteiger partial charge >= 0.3 is 0 Å². The van der Waals surface area contributed by atoms with Crippen molar-refractivity contribution < 1.29 is 15.0 Å². The zero-order chi connectivity index (χ0) is 33.2. The van der Waals surface area contributed by atoms with Gasteiger partial charge in [-0.3, -0.25) is 19.4 Å². The monoisotopic (exact) mass is 666 g/mol. The SMILES string of the molecule is Cc1c(NC(=O)c2cc3n(n2)CCCC3NCCO)cccc1-c1cccc(Nc2nccc3cc(CN4CC[C@@H](O)C4)cnc23)c1Cl. The number of carbonyl (C=O) groups is 1. The van der Waals surface area contributed by atoms with Crippen LogP contribution in [0.25, 0.3) is 22.0 Å². The lowest BCUT2D eigenvalue weighted by atomic mass is 9.98. The maximum Gasteiger partial charge on any atom is 0.276 e. The Labute approximate surface area is 284 Å². The van der Waals surface area contributed by atoms with Crippen molar-refractivity contribution in [2.24, 2.45) is 0 Å². The van der Waals surface area contributed by atoms with Gasteiger partial charge in [-0.15, -0.1) is 0 Å². The number of halogens is 1. The highest BCUT2D eigenvalue weighted by atomic mass is 35.5. The maximum atomic E-state index is 13.4. The Morgan fingerprint density at radius 1 is 1.04 bits per heavy atom. The molecule has 0 radical (unpaired) electrons. The molecule has 5 heterocycles. The van der Waals surface area contributed by atoms with Crippen LogP contribution in [0.3, 0.4) is 0 Å². The third kappa shape index (κ3) is 6.65. The van der Waals surface area contributed by atoms with Gasteiger partial charge < -0.3 is 26.2 Å². The van der Waals surface area contributed by atoms with Gasteiger partial charge in [0.15, 0.2) is 11.5 Å². The molecule has 1 fully saturated rings. The van der Waals surface area contributed by atoms with Crippen LogP contribution in [-0.4, -0.2) is 73.1 Å². The zero-order valence-corrected chi connectivity index (χ0v) is 27.5. The van der Waals surface area contributed by atoms with Crippen LogP contribution in [0.15, 0.2) is 67.0 Å². The molecule has 0 spiro atoms. The quantitative estimate of drug-likeness (QED) is 0.132. The Morgan fingerprint density at radius 2 is 1.88 bits per heavy atom. The van der Waals surface area contributed by atoms with E-state index in [2.05, 4.69) is 37.0 Å². The predicted molar refractivity (Wildman–Crippen MR) is 188 cm³/mol. The Bertz CT molecular complexity index is 1960. The van der Waals surface area contributed by atoms with Crippen LogP contribution in [0, 0.1) is 6.92 Å². The number of nitrogens with one attached hydrogen (secondary N) is 3. The molecule has 11 nitrogen and oxygen atoms in total. The first-order chi connectivity index (χ1) is 23.4. The van der Waals surface area contributed by atoms with Gasteiger partial charge in [-0.1, -0.05) is 35.9 Å². The summed E-state index contributed by atoms with van der Waals surface area (Å²) in [4.78, 5) is 25.0. The molecule has 2 aromatic carbocycles. The van der Waals surface area contributed by atoms with Crippen molar-refractivity contribution in [3.05, 3.63) is 94.5 Å². The number of aliphatic hydroxyl groups is 2. The number of aliphatic hydroxyl groups excluding tert-OH is 2. The number of aromatic nitrogens is 4. The van der Waals surface area contributed by atoms with Gasteiger partial charge in [0.2, 0.25) is 0 Å². The molecule has 2 aliphatic heterocycles. The highest BCUT2D eigenvalue weighted by Gasteiger charge is 2.25. The molecule has 5 aromatic rings. The molecule has 0 bridgehead atoms. The number of benzene rings is 2. The minimum absolute atomic E-state index is 0.0565. The number of hydrogen-bond donors (Lipinski definition) is 5. The van der Waals surface area contributed by atoms with Gasteiger partial charge in [-0.25, -0.2) is 4.98 Å². The summed E-state index contributed by atoms with van der Waals surface area (Å²) in [5, 5.41) is 35.0. The molecule has 0 saturated carbocycles. The van der Waals surface area contributed by atoms with Gasteiger partial charge in [0, 0.05) is 67.8 Å². The van der Waals surface area contributed by atoms with Gasteiger partial charge in [0.1, 0.15) is 5.52 Å². The van der Waals surface area contributed by atoms with E-state index in [1.54, 1.807) is 6.20 Å². The molecule has 2 atom stereocenters. The van der Waals surface area contributed by atoms with Crippen LogP contribution in [0.4, 0.5) is 17.2 Å². The number of rotatable bonds is 10. The number of fused-ring (bicyclic) bond motifs is 2. The molecule has 2 aliphatic rings. The highest BCUT2D eigenvalue weighted by Crippen LogP contribution is 2.39. The van der Waals surface area contributed by atoms with Crippen LogP contribution in [0.1, 0.15) is 52.6 Å². The van der Waals surface area contributed by atoms with E-state index in [4.69, 9.17) is 16.6 Å². The minimum atomic E-state index is -0.282. The molecular weight excluding hydrogens is 628 g/mol. The smallest absolute Gasteiger partial charge is 0.276 e. The second-order valence-corrected chi connectivity index (χ2v) is 12.9. The molecule has 5 N–H and O–H groups in total. The summed E-state index contributed by atoms with van der Waals surface area (Å²) in [5.41, 5.74) is 7.08. The molecule has 1 saturated heterocycles. The maximum absolute atomic E-state index is 13.4. The molecule has 7 rings (SSSR count). The van der Waals surface area contributed by atoms with E-state index in [-0.39, 0.29) is 24.7 Å². The summed E-state index contributed by atoms with van der Waals surface area (Å²) >= 11 is 7.05. The second kappa shape index (κ2) is 14.0. The third-order valence-electron chi connectivity index (χ3n) is 9.20. The topological polar surface area (TPSA) is 140 Å². The summed E-state index contributed by atoms with van der Waals surface area (Å²) in [5.74, 6) is 0.319. The summed E-state index contributed by atoms with van der Waals surface area (Å²) in [6.45, 7) is 5.57. The Morgan fingerprint density at radius 3 is 2.69 bits per heavy atom. The normalized spacial score (nSPS) is 17.8. The Balaban J connectivity index is 1.10. The first kappa shape index (κ1) is 32.2. The number of pyridine rings is 2. The van der Waals surface area contributed by atoms with E-state index >= 15 is 0 Å². The lowest BCUT2D eigenvalue weighted by Gasteiger charge is -2.24. The van der Waals surface area contributed by atoms with E-state index in [0.29, 0.717) is 41.0 Å². The summed E-state index contributed by atoms with van der Waals surface area (Å²) in [7, 11) is 0. The van der Waals surface area contributed by atoms with Crippen LogP contribution < -0.4 is 16.0 Å². The number of nitrogens with zero attached hydrogens (tertiary/aromatic N) is 5. The fourth-order valence-corrected chi connectivity index (χ4v) is 7.03. The fourth-order valence-electron chi connectivity index (χ4n) is 6.75. The lowest BCUT2D eigenvalue weighted by Crippen LogP contribution is -2.29. The summed E-state index contributed by atoms with van der Waals surface area (Å²) in [6.07, 6.45) is 6.05. The number of amides is 1. The largest absolute Gasteiger partial charge is 0.395 e. The van der Waals surface area contributed by atoms with E-state index < -0.39 is 0 Å². The van der Waals surface area contributed by atoms with Crippen LogP contribution in [0.2, 0.25) is 5.02 Å². The van der Waals surface area contributed by atoms with Crippen molar-refractivity contribution in [3.8, 4) is 11.1 Å². The number of hydrogen-bond acceptors (Lipinski definition) is 9. The van der Waals surface area contributed by atoms with Gasteiger partial charge in [0.25, 0.3) is 5.91 Å². The predicted octanol–water partition coefficient (Wildman–Crippen LogP) is 5.43. The second-order valence-electron chi connectivity index (χ2n) is 12.5. The molecule has 1 unspecified atom stereocenters. The van der Waals surface area contributed by atoms with E-state index in [0.717, 1.165) is 77.7 Å². The molecule has 248 valence electrons. The molecule has 1 amide bonds. The van der Waals surface area contributed by atoms with Crippen LogP contribution >= 0.6 is 11.6 Å². The average molecular weight is 667 g/mol. The van der Waals surface area contributed by atoms with Crippen molar-refractivity contribution >= 4 is 45.6 Å². The van der Waals surface area contributed by atoms with Crippen molar-refractivity contribution in [1.82, 2.24) is 30.0 Å². The zero-order valence-electron chi connectivity index (χ0n) is 26.8. The lowest BCUT2D eigenvalue weighted by molar-refractivity contribution is 0.102. The van der Waals surface area contributed by atoms with E-state index in [1.807, 2.05) is 66.3 Å². The standard InChI is InChI=1S/C36H39ClN8O3/c1-22-26(5-2-7-28(22)42-36(48)31-18-32-29(38-13-16-46)9-4-14-45(32)43-31)27-6-3-8-30(33(27)37)41-35-34-24(10-12-39-35)17-23(19-40-34)20-44-15-11-25(47)21-44/h2-3,5-8,10,12,17-19,25,29,38,46-47H,4,9,11,13-16,20-21H2,1H3,(H,39,41)(H,42,48)/t25-,29?/m1/s1. The molecule has 48 heavy (non-hydrogen) atoms. The van der Waals surface area contributed by atoms with Crippen LogP contribution in [-0.2, 0) is 13.1 Å². The van der Waals surface area contributed by atoms with Crippen molar-refractivity contribution in [2.45, 2.75) is 51.4 Å². The van der Waals surface area contributed by atoms with Gasteiger partial charge in [-0.05, 0) is 73.2 Å². The fraction of sp³-hybridized carbons (Fsp3) is 0.333. The minimum Gasteiger partial charge on any atom is -0.395 e. The third-order valence-corrected chi connectivity index (χ3v) is 9.61. The van der Waals surface area contributed by atoms with Crippen LogP contribution in [0.5, 0.6) is 0 Å². The van der Waals surface area contributed by atoms with E-state index in [9.17, 15) is 15.0 Å². The van der Waals surface area contributed by atoms with Gasteiger partial charge in [-0.2, -0.15) is 5.10 Å². The number of likely N-dealkylation sites (tertiary alicyclic amines) is 1. The first-order valence-electron chi connectivity index (χ1n) is 16.4. The number of anilines is 3. The number of β-amino-alcohol motifs (C(OH)–C–C–N with tert-alkyl or cyclic N) is 1. The summed E-state index contributed by atoms with van der Waals surface area (Å²) < 4.78 is 1.88. The average Bonchev–Trinajstić information content (AvgIpc) is 3.72. The number of carbonyl (C=O) groups excluding carboxylic acids is 1.